The first-order chi connectivity index (χ1) is 8.52. The highest BCUT2D eigenvalue weighted by atomic mass is 16.5. The molecule has 0 fully saturated rings. The summed E-state index contributed by atoms with van der Waals surface area (Å²) >= 11 is 0. The fourth-order valence-corrected chi connectivity index (χ4v) is 2.16. The van der Waals surface area contributed by atoms with Crippen molar-refractivity contribution in [1.82, 2.24) is 0 Å². The number of anilines is 1. The van der Waals surface area contributed by atoms with Gasteiger partial charge in [0.2, 0.25) is 0 Å². The molecule has 18 heavy (non-hydrogen) atoms. The third kappa shape index (κ3) is 4.82. The van der Waals surface area contributed by atoms with Crippen molar-refractivity contribution in [3.05, 3.63) is 36.4 Å². The van der Waals surface area contributed by atoms with Gasteiger partial charge < -0.3 is 10.5 Å². The van der Waals surface area contributed by atoms with Crippen LogP contribution in [0.25, 0.3) is 0 Å². The van der Waals surface area contributed by atoms with Gasteiger partial charge in [0, 0.05) is 5.69 Å². The van der Waals surface area contributed by atoms with E-state index in [-0.39, 0.29) is 0 Å². The number of ether oxygens (including phenoxy) is 1. The number of nitrogen functional groups attached to an aromatic ring is 1. The maximum absolute atomic E-state index is 5.90. The van der Waals surface area contributed by atoms with Crippen LogP contribution in [0.1, 0.15) is 32.8 Å². The maximum atomic E-state index is 5.90. The molecular weight excluding hydrogens is 222 g/mol. The molecule has 0 aromatic heterocycles. The average Bonchev–Trinajstić information content (AvgIpc) is 2.27. The lowest BCUT2D eigenvalue weighted by Gasteiger charge is -2.17. The molecule has 0 radical (unpaired) electrons. The number of allylic oxidation sites excluding steroid dienone is 1. The molecule has 2 nitrogen and oxygen atoms in total. The summed E-state index contributed by atoms with van der Waals surface area (Å²) in [6.45, 7) is 11.2. The standard InChI is InChI=1S/C16H25NO/c1-5-6-14-10-15(17)7-8-16(14)18-11-13(4)9-12(2)3/h5,7-8,10,12-13H,1,6,9,11,17H2,2-4H3. The molecule has 100 valence electrons. The fraction of sp³-hybridized carbons (Fsp3) is 0.500. The first-order valence-electron chi connectivity index (χ1n) is 6.65. The van der Waals surface area contributed by atoms with Crippen molar-refractivity contribution in [2.24, 2.45) is 11.8 Å². The van der Waals surface area contributed by atoms with Crippen LogP contribution >= 0.6 is 0 Å². The lowest BCUT2D eigenvalue weighted by molar-refractivity contribution is 0.237. The molecule has 0 aliphatic heterocycles. The smallest absolute Gasteiger partial charge is 0.122 e. The molecule has 0 saturated heterocycles. The minimum atomic E-state index is 0.569. The van der Waals surface area contributed by atoms with Crippen LogP contribution in [0.5, 0.6) is 5.75 Å². The lowest BCUT2D eigenvalue weighted by Crippen LogP contribution is -2.11. The van der Waals surface area contributed by atoms with Gasteiger partial charge in [0.05, 0.1) is 6.61 Å². The molecule has 0 bridgehead atoms. The van der Waals surface area contributed by atoms with Crippen LogP contribution in [0.3, 0.4) is 0 Å². The van der Waals surface area contributed by atoms with Gasteiger partial charge in [0.25, 0.3) is 0 Å². The van der Waals surface area contributed by atoms with Gasteiger partial charge in [0.1, 0.15) is 5.75 Å². The Bertz CT molecular complexity index is 385. The maximum Gasteiger partial charge on any atom is 0.122 e. The van der Waals surface area contributed by atoms with Gasteiger partial charge in [-0.2, -0.15) is 0 Å². The van der Waals surface area contributed by atoms with E-state index in [4.69, 9.17) is 10.5 Å². The first kappa shape index (κ1) is 14.6. The minimum absolute atomic E-state index is 0.569. The molecule has 0 aliphatic carbocycles. The zero-order valence-electron chi connectivity index (χ0n) is 11.8. The second-order valence-electron chi connectivity index (χ2n) is 5.41. The van der Waals surface area contributed by atoms with E-state index in [1.165, 1.54) is 6.42 Å². The van der Waals surface area contributed by atoms with Crippen LogP contribution in [-0.2, 0) is 6.42 Å². The summed E-state index contributed by atoms with van der Waals surface area (Å²) in [4.78, 5) is 0. The van der Waals surface area contributed by atoms with E-state index in [0.717, 1.165) is 30.0 Å². The highest BCUT2D eigenvalue weighted by Gasteiger charge is 2.08. The molecule has 0 spiro atoms. The van der Waals surface area contributed by atoms with Crippen molar-refractivity contribution in [3.63, 3.8) is 0 Å². The Morgan fingerprint density at radius 1 is 1.33 bits per heavy atom. The molecule has 0 heterocycles. The number of nitrogens with two attached hydrogens (primary N) is 1. The molecule has 0 aliphatic rings. The van der Waals surface area contributed by atoms with Crippen LogP contribution < -0.4 is 10.5 Å². The number of hydrogen-bond acceptors (Lipinski definition) is 2. The number of rotatable bonds is 7. The van der Waals surface area contributed by atoms with Gasteiger partial charge in [-0.1, -0.05) is 26.8 Å². The zero-order chi connectivity index (χ0) is 13.5. The summed E-state index contributed by atoms with van der Waals surface area (Å²) in [6, 6.07) is 5.80. The number of hydrogen-bond donors (Lipinski definition) is 1. The molecule has 1 atom stereocenters. The van der Waals surface area contributed by atoms with Crippen molar-refractivity contribution >= 4 is 5.69 Å². The van der Waals surface area contributed by atoms with E-state index in [1.807, 2.05) is 24.3 Å². The van der Waals surface area contributed by atoms with E-state index in [9.17, 15) is 0 Å². The van der Waals surface area contributed by atoms with Crippen LogP contribution in [0.4, 0.5) is 5.69 Å². The topological polar surface area (TPSA) is 35.2 Å². The molecular formula is C16H25NO. The van der Waals surface area contributed by atoms with E-state index < -0.39 is 0 Å². The second kappa shape index (κ2) is 7.10. The Kier molecular flexibility index (Phi) is 5.76. The van der Waals surface area contributed by atoms with Gasteiger partial charge >= 0.3 is 0 Å². The lowest BCUT2D eigenvalue weighted by atomic mass is 10.00. The van der Waals surface area contributed by atoms with Gasteiger partial charge in [-0.25, -0.2) is 0 Å². The van der Waals surface area contributed by atoms with Crippen molar-refractivity contribution < 1.29 is 4.74 Å². The largest absolute Gasteiger partial charge is 0.493 e. The second-order valence-corrected chi connectivity index (χ2v) is 5.41. The SMILES string of the molecule is C=CCc1cc(N)ccc1OCC(C)CC(C)C. The van der Waals surface area contributed by atoms with Crippen molar-refractivity contribution in [3.8, 4) is 5.75 Å². The van der Waals surface area contributed by atoms with Crippen LogP contribution in [0, 0.1) is 11.8 Å². The van der Waals surface area contributed by atoms with Crippen molar-refractivity contribution in [2.45, 2.75) is 33.6 Å². The molecule has 2 heteroatoms. The summed E-state index contributed by atoms with van der Waals surface area (Å²) in [6.07, 6.45) is 3.85. The predicted molar refractivity (Wildman–Crippen MR) is 78.9 cm³/mol. The van der Waals surface area contributed by atoms with Gasteiger partial charge in [-0.3, -0.25) is 0 Å². The van der Waals surface area contributed by atoms with Gasteiger partial charge in [0.15, 0.2) is 0 Å². The Morgan fingerprint density at radius 3 is 2.67 bits per heavy atom. The van der Waals surface area contributed by atoms with Crippen LogP contribution in [-0.4, -0.2) is 6.61 Å². The van der Waals surface area contributed by atoms with Crippen molar-refractivity contribution in [1.29, 1.82) is 0 Å². The van der Waals surface area contributed by atoms with E-state index in [2.05, 4.69) is 27.4 Å². The van der Waals surface area contributed by atoms with Crippen LogP contribution in [0.2, 0.25) is 0 Å². The van der Waals surface area contributed by atoms with E-state index >= 15 is 0 Å². The van der Waals surface area contributed by atoms with Crippen LogP contribution in [0.15, 0.2) is 30.9 Å². The molecule has 1 aromatic rings. The minimum Gasteiger partial charge on any atom is -0.493 e. The third-order valence-corrected chi connectivity index (χ3v) is 2.85. The first-order valence-corrected chi connectivity index (χ1v) is 6.65. The Morgan fingerprint density at radius 2 is 2.06 bits per heavy atom. The summed E-state index contributed by atoms with van der Waals surface area (Å²) in [7, 11) is 0. The fourth-order valence-electron chi connectivity index (χ4n) is 2.16. The zero-order valence-corrected chi connectivity index (χ0v) is 11.8. The van der Waals surface area contributed by atoms with E-state index in [0.29, 0.717) is 11.8 Å². The molecule has 2 N–H and O–H groups in total. The molecule has 0 saturated carbocycles. The normalized spacial score (nSPS) is 12.4. The highest BCUT2D eigenvalue weighted by molar-refractivity contribution is 5.48. The highest BCUT2D eigenvalue weighted by Crippen LogP contribution is 2.23. The monoisotopic (exact) mass is 247 g/mol. The summed E-state index contributed by atoms with van der Waals surface area (Å²) in [5.74, 6) is 2.21. The number of benzene rings is 1. The Balaban J connectivity index is 2.63. The van der Waals surface area contributed by atoms with Crippen molar-refractivity contribution in [2.75, 3.05) is 12.3 Å². The quantitative estimate of drug-likeness (QED) is 0.582. The molecule has 1 rings (SSSR count). The van der Waals surface area contributed by atoms with E-state index in [1.54, 1.807) is 0 Å². The van der Waals surface area contributed by atoms with Gasteiger partial charge in [-0.05, 0) is 48.4 Å². The Hall–Kier alpha value is -1.44. The molecule has 1 unspecified atom stereocenters. The van der Waals surface area contributed by atoms with Gasteiger partial charge in [-0.15, -0.1) is 6.58 Å². The predicted octanol–water partition coefficient (Wildman–Crippen LogP) is 4.06. The average molecular weight is 247 g/mol. The summed E-state index contributed by atoms with van der Waals surface area (Å²) < 4.78 is 5.90. The molecule has 0 amide bonds. The Labute approximate surface area is 111 Å². The summed E-state index contributed by atoms with van der Waals surface area (Å²) in [5, 5.41) is 0. The summed E-state index contributed by atoms with van der Waals surface area (Å²) in [5.41, 5.74) is 7.68. The third-order valence-electron chi connectivity index (χ3n) is 2.85. The molecule has 1 aromatic carbocycles.